The molecular weight excluding hydrogens is 529 g/mol. The van der Waals surface area contributed by atoms with Crippen LogP contribution in [-0.2, 0) is 9.59 Å². The number of alkyl halides is 3. The van der Waals surface area contributed by atoms with Gasteiger partial charge in [0.05, 0.1) is 17.0 Å². The van der Waals surface area contributed by atoms with E-state index in [0.717, 1.165) is 19.6 Å². The molecular formula is C27H29F3N6O2S. The zero-order chi connectivity index (χ0) is 28.0. The minimum Gasteiger partial charge on any atom is -0.310 e. The van der Waals surface area contributed by atoms with Crippen molar-refractivity contribution in [3.8, 4) is 11.8 Å². The number of carbonyl (C=O) groups is 2. The summed E-state index contributed by atoms with van der Waals surface area (Å²) in [6.07, 6.45) is 1.05. The number of anilines is 2. The van der Waals surface area contributed by atoms with E-state index in [1.54, 1.807) is 18.2 Å². The normalized spacial score (nSPS) is 18.4. The van der Waals surface area contributed by atoms with E-state index >= 15 is 0 Å². The van der Waals surface area contributed by atoms with Gasteiger partial charge in [0.25, 0.3) is 0 Å². The van der Waals surface area contributed by atoms with Crippen molar-refractivity contribution >= 4 is 34.1 Å². The molecule has 1 unspecified atom stereocenters. The van der Waals surface area contributed by atoms with Crippen LogP contribution < -0.4 is 10.6 Å². The van der Waals surface area contributed by atoms with Gasteiger partial charge in [-0.2, -0.15) is 13.2 Å². The molecule has 4 rings (SSSR count). The number of piperazine rings is 1. The molecule has 2 aromatic heterocycles. The molecule has 206 valence electrons. The number of nitrogens with zero attached hydrogens (tertiary/aromatic N) is 4. The largest absolute Gasteiger partial charge is 0.413 e. The fourth-order valence-corrected chi connectivity index (χ4v) is 5.07. The lowest BCUT2D eigenvalue weighted by molar-refractivity contribution is -0.120. The summed E-state index contributed by atoms with van der Waals surface area (Å²) < 4.78 is 41.9. The lowest BCUT2D eigenvalue weighted by Gasteiger charge is -2.35. The van der Waals surface area contributed by atoms with E-state index in [0.29, 0.717) is 28.7 Å². The van der Waals surface area contributed by atoms with Gasteiger partial charge in [-0.25, -0.2) is 9.97 Å². The number of aromatic nitrogens is 2. The van der Waals surface area contributed by atoms with Gasteiger partial charge in [0.15, 0.2) is 5.13 Å². The van der Waals surface area contributed by atoms with Crippen molar-refractivity contribution in [2.45, 2.75) is 26.4 Å². The Labute approximate surface area is 229 Å². The van der Waals surface area contributed by atoms with Crippen LogP contribution >= 0.6 is 11.3 Å². The number of rotatable bonds is 6. The van der Waals surface area contributed by atoms with Crippen molar-refractivity contribution < 1.29 is 22.8 Å². The van der Waals surface area contributed by atoms with E-state index in [2.05, 4.69) is 44.3 Å². The summed E-state index contributed by atoms with van der Waals surface area (Å²) in [5.74, 6) is 4.30. The van der Waals surface area contributed by atoms with Crippen molar-refractivity contribution in [3.05, 3.63) is 58.3 Å². The molecule has 0 saturated carbocycles. The number of hydrogen-bond donors (Lipinski definition) is 2. The molecule has 2 N–H and O–H groups in total. The van der Waals surface area contributed by atoms with Gasteiger partial charge in [-0.15, -0.1) is 0 Å². The highest BCUT2D eigenvalue weighted by Crippen LogP contribution is 2.37. The second-order valence-corrected chi connectivity index (χ2v) is 10.3. The Hall–Kier alpha value is -3.53. The molecule has 1 aliphatic heterocycles. The van der Waals surface area contributed by atoms with Gasteiger partial charge in [0.1, 0.15) is 5.82 Å². The van der Waals surface area contributed by atoms with Crippen LogP contribution in [0.2, 0.25) is 0 Å². The van der Waals surface area contributed by atoms with Crippen LogP contribution in [0.4, 0.5) is 24.1 Å². The van der Waals surface area contributed by atoms with Gasteiger partial charge in [-0.1, -0.05) is 36.3 Å². The number of hydrogen-bond acceptors (Lipinski definition) is 7. The molecule has 0 spiro atoms. The zero-order valence-electron chi connectivity index (χ0n) is 21.6. The maximum atomic E-state index is 14.0. The second-order valence-electron chi connectivity index (χ2n) is 9.26. The Morgan fingerprint density at radius 2 is 1.87 bits per heavy atom. The predicted octanol–water partition coefficient (Wildman–Crippen LogP) is 3.91. The van der Waals surface area contributed by atoms with Gasteiger partial charge in [0, 0.05) is 57.0 Å². The number of thiazole rings is 1. The van der Waals surface area contributed by atoms with E-state index in [-0.39, 0.29) is 23.8 Å². The number of nitrogens with one attached hydrogen (secondary N) is 2. The fraction of sp³-hybridized carbons (Fsp3) is 0.407. The number of pyridine rings is 1. The van der Waals surface area contributed by atoms with Crippen LogP contribution in [0.1, 0.15) is 30.7 Å². The van der Waals surface area contributed by atoms with E-state index in [9.17, 15) is 22.8 Å². The first-order valence-electron chi connectivity index (χ1n) is 12.5. The Bertz CT molecular complexity index is 1330. The van der Waals surface area contributed by atoms with Gasteiger partial charge in [-0.05, 0) is 36.6 Å². The monoisotopic (exact) mass is 558 g/mol. The van der Waals surface area contributed by atoms with Crippen LogP contribution in [0, 0.1) is 17.8 Å². The highest BCUT2D eigenvalue weighted by molar-refractivity contribution is 7.16. The first kappa shape index (κ1) is 28.5. The van der Waals surface area contributed by atoms with Crippen LogP contribution in [0.15, 0.2) is 47.8 Å². The van der Waals surface area contributed by atoms with E-state index < -0.39 is 30.0 Å². The lowest BCUT2D eigenvalue weighted by Crippen LogP contribution is -2.46. The summed E-state index contributed by atoms with van der Waals surface area (Å²) in [7, 11) is 0. The molecule has 39 heavy (non-hydrogen) atoms. The molecule has 0 bridgehead atoms. The number of amides is 2. The summed E-state index contributed by atoms with van der Waals surface area (Å²) in [5.41, 5.74) is 0.116. The molecule has 1 saturated heterocycles. The molecule has 8 nitrogen and oxygen atoms in total. The highest BCUT2D eigenvalue weighted by Gasteiger charge is 2.40. The third-order valence-electron chi connectivity index (χ3n) is 6.46. The van der Waals surface area contributed by atoms with Crippen LogP contribution in [0.5, 0.6) is 0 Å². The summed E-state index contributed by atoms with van der Waals surface area (Å²) in [5, 5.41) is 5.64. The standard InChI is InChI=1S/C27H29F3N6O2S/c1-3-35-10-12-36(13-11-35)17-21-6-5-20(15-23(21)27(28,29)30)25(38)34-24-14-19(8-9-31-24)4-7-22-16-32-26(39-22)33-18(2)37/h5-6,8-9,14,16,20H,3,10-13,15,17H2,1-2H3,(H,31,34,38)(H,32,33,37). The summed E-state index contributed by atoms with van der Waals surface area (Å²) >= 11 is 1.22. The highest BCUT2D eigenvalue weighted by atomic mass is 32.1. The predicted molar refractivity (Wildman–Crippen MR) is 144 cm³/mol. The maximum absolute atomic E-state index is 14.0. The molecule has 1 aliphatic carbocycles. The van der Waals surface area contributed by atoms with Crippen molar-refractivity contribution in [2.75, 3.05) is 49.9 Å². The van der Waals surface area contributed by atoms with Crippen molar-refractivity contribution in [3.63, 3.8) is 0 Å². The Kier molecular flexibility index (Phi) is 9.16. The average Bonchev–Trinajstić information content (AvgIpc) is 3.34. The van der Waals surface area contributed by atoms with Gasteiger partial charge < -0.3 is 15.5 Å². The zero-order valence-corrected chi connectivity index (χ0v) is 22.5. The first-order chi connectivity index (χ1) is 18.6. The van der Waals surface area contributed by atoms with Gasteiger partial charge in [0.2, 0.25) is 11.8 Å². The number of halogens is 3. The van der Waals surface area contributed by atoms with E-state index in [1.165, 1.54) is 36.7 Å². The maximum Gasteiger partial charge on any atom is 0.413 e. The third kappa shape index (κ3) is 7.98. The minimum atomic E-state index is -4.52. The molecule has 12 heteroatoms. The topological polar surface area (TPSA) is 90.5 Å². The quantitative estimate of drug-likeness (QED) is 0.523. The third-order valence-corrected chi connectivity index (χ3v) is 7.28. The van der Waals surface area contributed by atoms with E-state index in [4.69, 9.17) is 0 Å². The Balaban J connectivity index is 1.40. The minimum absolute atomic E-state index is 0.195. The number of allylic oxidation sites excluding steroid dienone is 1. The van der Waals surface area contributed by atoms with Crippen molar-refractivity contribution in [1.29, 1.82) is 0 Å². The molecule has 0 aromatic carbocycles. The second kappa shape index (κ2) is 12.5. The molecule has 3 heterocycles. The fourth-order valence-electron chi connectivity index (χ4n) is 4.35. The number of carbonyl (C=O) groups excluding carboxylic acids is 2. The Morgan fingerprint density at radius 1 is 1.13 bits per heavy atom. The Morgan fingerprint density at radius 3 is 2.56 bits per heavy atom. The molecule has 2 aliphatic rings. The van der Waals surface area contributed by atoms with Crippen LogP contribution in [0.25, 0.3) is 0 Å². The van der Waals surface area contributed by atoms with Crippen molar-refractivity contribution in [2.24, 2.45) is 5.92 Å². The molecule has 2 aromatic rings. The summed E-state index contributed by atoms with van der Waals surface area (Å²) in [4.78, 5) is 37.1. The lowest BCUT2D eigenvalue weighted by atomic mass is 9.88. The van der Waals surface area contributed by atoms with Crippen LogP contribution in [0.3, 0.4) is 0 Å². The average molecular weight is 559 g/mol. The molecule has 2 amide bonds. The van der Waals surface area contributed by atoms with Gasteiger partial charge in [-0.3, -0.25) is 14.5 Å². The molecule has 0 radical (unpaired) electrons. The van der Waals surface area contributed by atoms with Crippen molar-refractivity contribution in [1.82, 2.24) is 19.8 Å². The molecule has 1 fully saturated rings. The SMILES string of the molecule is CCN1CCN(CC2=C(C(F)(F)F)CC(C(=O)Nc3cc(C#Cc4cnc(NC(C)=O)s4)ccn3)C=C2)CC1. The summed E-state index contributed by atoms with van der Waals surface area (Å²) in [6, 6.07) is 3.20. The summed E-state index contributed by atoms with van der Waals surface area (Å²) in [6.45, 7) is 7.69. The smallest absolute Gasteiger partial charge is 0.310 e. The van der Waals surface area contributed by atoms with Crippen LogP contribution in [-0.4, -0.2) is 77.0 Å². The first-order valence-corrected chi connectivity index (χ1v) is 13.4. The number of likely N-dealkylation sites (N-methyl/N-ethyl adjacent to an activating group) is 1. The van der Waals surface area contributed by atoms with Gasteiger partial charge >= 0.3 is 6.18 Å². The van der Waals surface area contributed by atoms with E-state index in [1.807, 2.05) is 4.90 Å². The molecule has 1 atom stereocenters.